The highest BCUT2D eigenvalue weighted by atomic mass is 19.3. The van der Waals surface area contributed by atoms with Gasteiger partial charge in [0, 0.05) is 5.69 Å². The summed E-state index contributed by atoms with van der Waals surface area (Å²) in [5.41, 5.74) is 0.456. The van der Waals surface area contributed by atoms with Crippen LogP contribution in [-0.4, -0.2) is 29.0 Å². The highest BCUT2D eigenvalue weighted by Gasteiger charge is 2.12. The molecule has 0 fully saturated rings. The van der Waals surface area contributed by atoms with Gasteiger partial charge in [-0.15, -0.1) is 0 Å². The lowest BCUT2D eigenvalue weighted by molar-refractivity contribution is 0.0697. The van der Waals surface area contributed by atoms with Crippen LogP contribution < -0.4 is 5.32 Å². The molecule has 0 aromatic carbocycles. The lowest BCUT2D eigenvalue weighted by Crippen LogP contribution is -2.15. The Morgan fingerprint density at radius 1 is 1.60 bits per heavy atom. The first-order valence-electron chi connectivity index (χ1n) is 4.23. The molecule has 82 valence electrons. The van der Waals surface area contributed by atoms with Gasteiger partial charge in [0.05, 0.1) is 6.54 Å². The van der Waals surface area contributed by atoms with Crippen LogP contribution in [0.25, 0.3) is 0 Å². The number of rotatable bonds is 4. The second-order valence-electron chi connectivity index (χ2n) is 2.93. The van der Waals surface area contributed by atoms with Crippen molar-refractivity contribution in [2.45, 2.75) is 13.3 Å². The Kier molecular flexibility index (Phi) is 3.54. The summed E-state index contributed by atoms with van der Waals surface area (Å²) >= 11 is 0. The van der Waals surface area contributed by atoms with E-state index < -0.39 is 18.9 Å². The highest BCUT2D eigenvalue weighted by molar-refractivity contribution is 5.93. The van der Waals surface area contributed by atoms with E-state index in [9.17, 15) is 13.6 Å². The van der Waals surface area contributed by atoms with Gasteiger partial charge in [-0.1, -0.05) is 0 Å². The molecule has 6 heteroatoms. The molecule has 0 aliphatic heterocycles. The van der Waals surface area contributed by atoms with Crippen LogP contribution in [0.1, 0.15) is 16.1 Å². The zero-order chi connectivity index (χ0) is 11.4. The molecule has 1 rings (SSSR count). The van der Waals surface area contributed by atoms with E-state index in [-0.39, 0.29) is 11.4 Å². The molecule has 0 amide bonds. The molecule has 0 radical (unpaired) electrons. The fraction of sp³-hybridized carbons (Fsp3) is 0.333. The molecule has 2 N–H and O–H groups in total. The van der Waals surface area contributed by atoms with E-state index in [0.717, 1.165) is 0 Å². The maximum atomic E-state index is 11.9. The standard InChI is InChI=1S/C9H10F2N2O2/c1-5-2-3-6(9(14)15)8(13-5)12-4-7(10)11/h2-3,7H,4H2,1H3,(H,12,13)(H,14,15). The molecule has 15 heavy (non-hydrogen) atoms. The number of nitrogens with zero attached hydrogens (tertiary/aromatic N) is 1. The predicted octanol–water partition coefficient (Wildman–Crippen LogP) is 1.77. The Labute approximate surface area is 84.9 Å². The Bertz CT molecular complexity index is 369. The number of aryl methyl sites for hydroxylation is 1. The van der Waals surface area contributed by atoms with Crippen molar-refractivity contribution in [3.63, 3.8) is 0 Å². The number of nitrogens with one attached hydrogen (secondary N) is 1. The first kappa shape index (κ1) is 11.4. The van der Waals surface area contributed by atoms with Crippen LogP contribution in [0.2, 0.25) is 0 Å². The molecule has 1 heterocycles. The number of aromatic carboxylic acids is 1. The van der Waals surface area contributed by atoms with E-state index in [0.29, 0.717) is 5.69 Å². The first-order valence-corrected chi connectivity index (χ1v) is 4.23. The number of halogens is 2. The number of carboxylic acid groups (broad SMARTS) is 1. The quantitative estimate of drug-likeness (QED) is 0.805. The molecule has 1 aromatic rings. The topological polar surface area (TPSA) is 62.2 Å². The van der Waals surface area contributed by atoms with Crippen molar-refractivity contribution >= 4 is 11.8 Å². The summed E-state index contributed by atoms with van der Waals surface area (Å²) < 4.78 is 23.8. The molecular formula is C9H10F2N2O2. The van der Waals surface area contributed by atoms with Crippen molar-refractivity contribution in [1.82, 2.24) is 4.98 Å². The smallest absolute Gasteiger partial charge is 0.339 e. The summed E-state index contributed by atoms with van der Waals surface area (Å²) in [7, 11) is 0. The van der Waals surface area contributed by atoms with E-state index in [1.807, 2.05) is 0 Å². The number of pyridine rings is 1. The highest BCUT2D eigenvalue weighted by Crippen LogP contribution is 2.13. The molecule has 0 aliphatic carbocycles. The number of hydrogen-bond donors (Lipinski definition) is 2. The van der Waals surface area contributed by atoms with Gasteiger partial charge in [-0.3, -0.25) is 0 Å². The van der Waals surface area contributed by atoms with Crippen LogP contribution in [0, 0.1) is 6.92 Å². The Morgan fingerprint density at radius 3 is 2.80 bits per heavy atom. The summed E-state index contributed by atoms with van der Waals surface area (Å²) in [4.78, 5) is 14.6. The molecule has 0 saturated carbocycles. The fourth-order valence-electron chi connectivity index (χ4n) is 1.04. The van der Waals surface area contributed by atoms with Gasteiger partial charge >= 0.3 is 5.97 Å². The number of carbonyl (C=O) groups is 1. The van der Waals surface area contributed by atoms with Crippen LogP contribution in [0.15, 0.2) is 12.1 Å². The average Bonchev–Trinajstić information content (AvgIpc) is 2.14. The molecular weight excluding hydrogens is 206 g/mol. The maximum Gasteiger partial charge on any atom is 0.339 e. The summed E-state index contributed by atoms with van der Waals surface area (Å²) in [6, 6.07) is 2.84. The molecule has 0 atom stereocenters. The van der Waals surface area contributed by atoms with E-state index in [2.05, 4.69) is 10.3 Å². The van der Waals surface area contributed by atoms with Crippen LogP contribution in [0.5, 0.6) is 0 Å². The molecule has 0 unspecified atom stereocenters. The third-order valence-corrected chi connectivity index (χ3v) is 1.69. The molecule has 0 aliphatic rings. The van der Waals surface area contributed by atoms with Crippen molar-refractivity contribution in [1.29, 1.82) is 0 Å². The van der Waals surface area contributed by atoms with Crippen molar-refractivity contribution in [2.24, 2.45) is 0 Å². The van der Waals surface area contributed by atoms with E-state index >= 15 is 0 Å². The van der Waals surface area contributed by atoms with E-state index in [4.69, 9.17) is 5.11 Å². The Balaban J connectivity index is 2.92. The maximum absolute atomic E-state index is 11.9. The summed E-state index contributed by atoms with van der Waals surface area (Å²) in [5, 5.41) is 11.0. The van der Waals surface area contributed by atoms with Crippen LogP contribution in [0.3, 0.4) is 0 Å². The third kappa shape index (κ3) is 3.16. The van der Waals surface area contributed by atoms with Gasteiger partial charge in [-0.2, -0.15) is 0 Å². The number of aromatic nitrogens is 1. The zero-order valence-electron chi connectivity index (χ0n) is 8.00. The molecule has 0 bridgehead atoms. The molecule has 0 saturated heterocycles. The fourth-order valence-corrected chi connectivity index (χ4v) is 1.04. The van der Waals surface area contributed by atoms with Gasteiger partial charge in [0.2, 0.25) is 0 Å². The monoisotopic (exact) mass is 216 g/mol. The summed E-state index contributed by atoms with van der Waals surface area (Å²) in [5.74, 6) is -1.22. The number of anilines is 1. The van der Waals surface area contributed by atoms with Gasteiger partial charge in [-0.05, 0) is 19.1 Å². The minimum Gasteiger partial charge on any atom is -0.478 e. The first-order chi connectivity index (χ1) is 7.00. The second kappa shape index (κ2) is 4.68. The molecule has 4 nitrogen and oxygen atoms in total. The predicted molar refractivity (Wildman–Crippen MR) is 50.4 cm³/mol. The van der Waals surface area contributed by atoms with E-state index in [1.165, 1.54) is 12.1 Å². The van der Waals surface area contributed by atoms with Gasteiger partial charge in [0.15, 0.2) is 0 Å². The minimum atomic E-state index is -2.55. The normalized spacial score (nSPS) is 10.4. The van der Waals surface area contributed by atoms with Crippen LogP contribution in [0.4, 0.5) is 14.6 Å². The van der Waals surface area contributed by atoms with Crippen LogP contribution in [-0.2, 0) is 0 Å². The van der Waals surface area contributed by atoms with Crippen molar-refractivity contribution < 1.29 is 18.7 Å². The molecule has 1 aromatic heterocycles. The van der Waals surface area contributed by atoms with Crippen molar-refractivity contribution in [3.8, 4) is 0 Å². The number of carboxylic acids is 1. The SMILES string of the molecule is Cc1ccc(C(=O)O)c(NCC(F)F)n1. The van der Waals surface area contributed by atoms with Crippen molar-refractivity contribution in [3.05, 3.63) is 23.4 Å². The second-order valence-corrected chi connectivity index (χ2v) is 2.93. The van der Waals surface area contributed by atoms with Crippen molar-refractivity contribution in [2.75, 3.05) is 11.9 Å². The number of alkyl halides is 2. The van der Waals surface area contributed by atoms with Gasteiger partial charge in [0.25, 0.3) is 6.43 Å². The lowest BCUT2D eigenvalue weighted by atomic mass is 10.2. The lowest BCUT2D eigenvalue weighted by Gasteiger charge is -2.08. The third-order valence-electron chi connectivity index (χ3n) is 1.69. The largest absolute Gasteiger partial charge is 0.478 e. The minimum absolute atomic E-state index is 0.0252. The summed E-state index contributed by atoms with van der Waals surface area (Å²) in [6.45, 7) is 1.04. The Hall–Kier alpha value is -1.72. The van der Waals surface area contributed by atoms with E-state index in [1.54, 1.807) is 6.92 Å². The number of hydrogen-bond acceptors (Lipinski definition) is 3. The zero-order valence-corrected chi connectivity index (χ0v) is 8.00. The van der Waals surface area contributed by atoms with Gasteiger partial charge in [0.1, 0.15) is 11.4 Å². The summed E-state index contributed by atoms with van der Waals surface area (Å²) in [6.07, 6.45) is -2.55. The Morgan fingerprint density at radius 2 is 2.27 bits per heavy atom. The van der Waals surface area contributed by atoms with Crippen LogP contribution >= 0.6 is 0 Å². The average molecular weight is 216 g/mol. The van der Waals surface area contributed by atoms with Gasteiger partial charge < -0.3 is 10.4 Å². The van der Waals surface area contributed by atoms with Gasteiger partial charge in [-0.25, -0.2) is 18.6 Å². The molecule has 0 spiro atoms.